The molecule has 0 aliphatic rings. The number of hydrogen-bond acceptors (Lipinski definition) is 4. The summed E-state index contributed by atoms with van der Waals surface area (Å²) in [5.41, 5.74) is 0.0717. The van der Waals surface area contributed by atoms with Crippen LogP contribution in [0.2, 0.25) is 0 Å². The summed E-state index contributed by atoms with van der Waals surface area (Å²) >= 11 is 1.41. The van der Waals surface area contributed by atoms with Crippen LogP contribution in [0.25, 0.3) is 5.00 Å². The third-order valence-corrected chi connectivity index (χ3v) is 2.33. The van der Waals surface area contributed by atoms with E-state index in [0.29, 0.717) is 0 Å². The molecule has 0 amide bonds. The average Bonchev–Trinajstić information content (AvgIpc) is 2.74. The Morgan fingerprint density at radius 2 is 2.46 bits per heavy atom. The summed E-state index contributed by atoms with van der Waals surface area (Å²) in [6.07, 6.45) is 1.22. The molecule has 66 valence electrons. The summed E-state index contributed by atoms with van der Waals surface area (Å²) in [4.78, 5) is 10.7. The van der Waals surface area contributed by atoms with Gasteiger partial charge >= 0.3 is 5.97 Å². The van der Waals surface area contributed by atoms with Gasteiger partial charge in [0.1, 0.15) is 5.00 Å². The Hall–Kier alpha value is -1.69. The molecule has 0 saturated carbocycles. The number of nitrogens with zero attached hydrogens (tertiary/aromatic N) is 3. The van der Waals surface area contributed by atoms with E-state index >= 15 is 0 Å². The van der Waals surface area contributed by atoms with Crippen molar-refractivity contribution >= 4 is 17.3 Å². The van der Waals surface area contributed by atoms with Crippen molar-refractivity contribution in [1.82, 2.24) is 15.0 Å². The first-order valence-corrected chi connectivity index (χ1v) is 4.35. The minimum atomic E-state index is -1.03. The number of hydrogen-bond donors (Lipinski definition) is 1. The molecule has 0 bridgehead atoms. The topological polar surface area (TPSA) is 68.0 Å². The van der Waals surface area contributed by atoms with Gasteiger partial charge in [0.2, 0.25) is 0 Å². The first-order chi connectivity index (χ1) is 6.29. The Balaban J connectivity index is 2.52. The van der Waals surface area contributed by atoms with Crippen LogP contribution in [0.5, 0.6) is 0 Å². The summed E-state index contributed by atoms with van der Waals surface area (Å²) in [6.45, 7) is 0. The van der Waals surface area contributed by atoms with E-state index in [1.54, 1.807) is 6.07 Å². The predicted octanol–water partition coefficient (Wildman–Crippen LogP) is 1.03. The second-order valence-corrected chi connectivity index (χ2v) is 3.21. The number of carboxylic acid groups (broad SMARTS) is 1. The van der Waals surface area contributed by atoms with E-state index in [4.69, 9.17) is 5.11 Å². The molecule has 2 heterocycles. The van der Waals surface area contributed by atoms with Gasteiger partial charge in [0.25, 0.3) is 0 Å². The van der Waals surface area contributed by atoms with Crippen molar-refractivity contribution in [2.75, 3.05) is 0 Å². The minimum Gasteiger partial charge on any atom is -0.476 e. The fourth-order valence-electron chi connectivity index (χ4n) is 0.934. The zero-order chi connectivity index (χ0) is 9.26. The normalized spacial score (nSPS) is 10.2. The lowest BCUT2D eigenvalue weighted by atomic mass is 10.5. The van der Waals surface area contributed by atoms with Gasteiger partial charge in [0, 0.05) is 0 Å². The Morgan fingerprint density at radius 3 is 3.08 bits per heavy atom. The van der Waals surface area contributed by atoms with Crippen LogP contribution in [0, 0.1) is 0 Å². The Kier molecular flexibility index (Phi) is 1.82. The first kappa shape index (κ1) is 7.93. The van der Waals surface area contributed by atoms with Crippen LogP contribution in [-0.4, -0.2) is 26.1 Å². The maximum absolute atomic E-state index is 10.7. The van der Waals surface area contributed by atoms with E-state index in [-0.39, 0.29) is 5.69 Å². The molecule has 0 aliphatic heterocycles. The van der Waals surface area contributed by atoms with E-state index in [0.717, 1.165) is 5.00 Å². The van der Waals surface area contributed by atoms with Gasteiger partial charge < -0.3 is 5.11 Å². The highest BCUT2D eigenvalue weighted by molar-refractivity contribution is 7.12. The van der Waals surface area contributed by atoms with Gasteiger partial charge in [-0.25, -0.2) is 4.79 Å². The smallest absolute Gasteiger partial charge is 0.356 e. The number of rotatable bonds is 2. The number of carboxylic acids is 1. The van der Waals surface area contributed by atoms with Gasteiger partial charge in [-0.2, -0.15) is 4.68 Å². The van der Waals surface area contributed by atoms with Crippen molar-refractivity contribution in [2.24, 2.45) is 0 Å². The number of aromatic carboxylic acids is 1. The molecule has 2 aromatic heterocycles. The molecule has 13 heavy (non-hydrogen) atoms. The van der Waals surface area contributed by atoms with Crippen molar-refractivity contribution in [1.29, 1.82) is 0 Å². The summed E-state index contributed by atoms with van der Waals surface area (Å²) in [7, 11) is 0. The summed E-state index contributed by atoms with van der Waals surface area (Å²) in [5.74, 6) is -1.03. The van der Waals surface area contributed by atoms with Gasteiger partial charge in [-0.15, -0.1) is 16.4 Å². The number of aromatic nitrogens is 3. The number of carbonyl (C=O) groups is 1. The third kappa shape index (κ3) is 1.31. The molecule has 1 N–H and O–H groups in total. The molecule has 0 spiro atoms. The lowest BCUT2D eigenvalue weighted by Crippen LogP contribution is -2.06. The Morgan fingerprint density at radius 1 is 1.62 bits per heavy atom. The molecule has 2 aromatic rings. The lowest BCUT2D eigenvalue weighted by Gasteiger charge is -1.96. The van der Waals surface area contributed by atoms with Gasteiger partial charge in [0.15, 0.2) is 5.69 Å². The summed E-state index contributed by atoms with van der Waals surface area (Å²) in [6, 6.07) is 3.61. The molecule has 0 saturated heterocycles. The van der Waals surface area contributed by atoms with Crippen LogP contribution in [0.4, 0.5) is 0 Å². The minimum absolute atomic E-state index is 0.0717. The van der Waals surface area contributed by atoms with E-state index in [2.05, 4.69) is 10.3 Å². The highest BCUT2D eigenvalue weighted by atomic mass is 32.1. The van der Waals surface area contributed by atoms with E-state index < -0.39 is 5.97 Å². The molecule has 0 aliphatic carbocycles. The van der Waals surface area contributed by atoms with Gasteiger partial charge in [-0.05, 0) is 17.5 Å². The largest absolute Gasteiger partial charge is 0.476 e. The monoisotopic (exact) mass is 195 g/mol. The van der Waals surface area contributed by atoms with E-state index in [1.165, 1.54) is 22.2 Å². The summed E-state index contributed by atoms with van der Waals surface area (Å²) < 4.78 is 1.30. The molecule has 6 heteroatoms. The van der Waals surface area contributed by atoms with E-state index in [9.17, 15) is 4.79 Å². The predicted molar refractivity (Wildman–Crippen MR) is 46.2 cm³/mol. The van der Waals surface area contributed by atoms with Crippen LogP contribution in [-0.2, 0) is 0 Å². The van der Waals surface area contributed by atoms with Crippen LogP contribution in [0.15, 0.2) is 23.7 Å². The Labute approximate surface area is 77.2 Å². The SMILES string of the molecule is O=C(O)c1cnnn1-c1cccs1. The number of thiophene rings is 1. The molecule has 5 nitrogen and oxygen atoms in total. The van der Waals surface area contributed by atoms with Crippen LogP contribution < -0.4 is 0 Å². The lowest BCUT2D eigenvalue weighted by molar-refractivity contribution is 0.0687. The Bertz CT molecular complexity index is 421. The third-order valence-electron chi connectivity index (χ3n) is 1.48. The second kappa shape index (κ2) is 2.98. The average molecular weight is 195 g/mol. The standard InChI is InChI=1S/C7H5N3O2S/c11-7(12)5-4-8-9-10(5)6-2-1-3-13-6/h1-4H,(H,11,12). The highest BCUT2D eigenvalue weighted by Crippen LogP contribution is 2.15. The molecular weight excluding hydrogens is 190 g/mol. The summed E-state index contributed by atoms with van der Waals surface area (Å²) in [5, 5.41) is 18.6. The second-order valence-electron chi connectivity index (χ2n) is 2.29. The molecule has 0 unspecified atom stereocenters. The molecule has 2 rings (SSSR count). The van der Waals surface area contributed by atoms with Gasteiger partial charge in [-0.3, -0.25) is 0 Å². The zero-order valence-corrected chi connectivity index (χ0v) is 7.23. The maximum atomic E-state index is 10.7. The zero-order valence-electron chi connectivity index (χ0n) is 6.41. The highest BCUT2D eigenvalue weighted by Gasteiger charge is 2.12. The van der Waals surface area contributed by atoms with Crippen molar-refractivity contribution in [3.05, 3.63) is 29.4 Å². The fourth-order valence-corrected chi connectivity index (χ4v) is 1.62. The van der Waals surface area contributed by atoms with Gasteiger partial charge in [0.05, 0.1) is 6.20 Å². The molecule has 0 atom stereocenters. The van der Waals surface area contributed by atoms with Crippen molar-refractivity contribution in [3.8, 4) is 5.00 Å². The first-order valence-electron chi connectivity index (χ1n) is 3.47. The van der Waals surface area contributed by atoms with Crippen molar-refractivity contribution < 1.29 is 9.90 Å². The van der Waals surface area contributed by atoms with Crippen molar-refractivity contribution in [3.63, 3.8) is 0 Å². The molecule has 0 aromatic carbocycles. The maximum Gasteiger partial charge on any atom is 0.356 e. The molecular formula is C7H5N3O2S. The van der Waals surface area contributed by atoms with E-state index in [1.807, 2.05) is 11.4 Å². The quantitative estimate of drug-likeness (QED) is 0.777. The molecule has 0 fully saturated rings. The van der Waals surface area contributed by atoms with Gasteiger partial charge in [-0.1, -0.05) is 5.21 Å². The van der Waals surface area contributed by atoms with Crippen molar-refractivity contribution in [2.45, 2.75) is 0 Å². The molecule has 0 radical (unpaired) electrons. The van der Waals surface area contributed by atoms with Crippen LogP contribution in [0.3, 0.4) is 0 Å². The van der Waals surface area contributed by atoms with Crippen LogP contribution >= 0.6 is 11.3 Å². The van der Waals surface area contributed by atoms with Crippen LogP contribution in [0.1, 0.15) is 10.5 Å². The fraction of sp³-hybridized carbons (Fsp3) is 0.